The summed E-state index contributed by atoms with van der Waals surface area (Å²) in [6.45, 7) is -0.496. The number of carbonyl (C=O) groups is 2. The first-order valence-electron chi connectivity index (χ1n) is 3.95. The highest BCUT2D eigenvalue weighted by atomic mass is 19.1. The second-order valence-corrected chi connectivity index (χ2v) is 2.67. The molecular weight excluding hydrogens is 205 g/mol. The Hall–Kier alpha value is -2.11. The van der Waals surface area contributed by atoms with Crippen molar-refractivity contribution >= 4 is 11.9 Å². The zero-order chi connectivity index (χ0) is 11.4. The second kappa shape index (κ2) is 4.41. The van der Waals surface area contributed by atoms with Crippen LogP contribution >= 0.6 is 0 Å². The van der Waals surface area contributed by atoms with Crippen LogP contribution in [0.15, 0.2) is 18.2 Å². The first kappa shape index (κ1) is 11.0. The molecule has 0 aliphatic carbocycles. The number of hydrogen-bond acceptors (Lipinski definition) is 3. The number of hydrogen-bond donors (Lipinski definition) is 2. The molecule has 0 radical (unpaired) electrons. The van der Waals surface area contributed by atoms with Crippen molar-refractivity contribution in [2.24, 2.45) is 5.73 Å². The van der Waals surface area contributed by atoms with Gasteiger partial charge in [-0.05, 0) is 12.1 Å². The van der Waals surface area contributed by atoms with E-state index >= 15 is 0 Å². The van der Waals surface area contributed by atoms with Gasteiger partial charge in [0, 0.05) is 0 Å². The number of carboxylic acid groups (broad SMARTS) is 1. The summed E-state index contributed by atoms with van der Waals surface area (Å²) in [5, 5.41) is 8.68. The van der Waals surface area contributed by atoms with Gasteiger partial charge in [-0.1, -0.05) is 6.07 Å². The maximum Gasteiger partial charge on any atom is 0.342 e. The Morgan fingerprint density at radius 2 is 2.13 bits per heavy atom. The molecule has 1 rings (SSSR count). The number of carboxylic acids is 1. The molecule has 0 unspecified atom stereocenters. The van der Waals surface area contributed by atoms with Gasteiger partial charge in [0.1, 0.15) is 17.1 Å². The van der Waals surface area contributed by atoms with Crippen molar-refractivity contribution in [2.45, 2.75) is 0 Å². The highest BCUT2D eigenvalue weighted by molar-refractivity contribution is 5.91. The van der Waals surface area contributed by atoms with E-state index in [1.165, 1.54) is 12.1 Å². The molecule has 0 bridgehead atoms. The van der Waals surface area contributed by atoms with Crippen LogP contribution in [0.5, 0.6) is 5.75 Å². The van der Waals surface area contributed by atoms with Crippen molar-refractivity contribution in [3.05, 3.63) is 29.6 Å². The minimum atomic E-state index is -1.47. The van der Waals surface area contributed by atoms with E-state index in [4.69, 9.17) is 15.6 Å². The molecule has 6 heteroatoms. The molecule has 1 aromatic carbocycles. The third-order valence-electron chi connectivity index (χ3n) is 1.56. The van der Waals surface area contributed by atoms with Crippen LogP contribution in [0.25, 0.3) is 0 Å². The molecule has 5 nitrogen and oxygen atoms in total. The van der Waals surface area contributed by atoms with Gasteiger partial charge in [-0.2, -0.15) is 0 Å². The lowest BCUT2D eigenvalue weighted by molar-refractivity contribution is -0.119. The third kappa shape index (κ3) is 2.67. The predicted octanol–water partition coefficient (Wildman–Crippen LogP) is 0.388. The first-order valence-corrected chi connectivity index (χ1v) is 3.95. The van der Waals surface area contributed by atoms with Crippen LogP contribution in [0.2, 0.25) is 0 Å². The van der Waals surface area contributed by atoms with Crippen LogP contribution < -0.4 is 10.5 Å². The molecule has 0 aromatic heterocycles. The predicted molar refractivity (Wildman–Crippen MR) is 48.0 cm³/mol. The number of primary amides is 1. The molecule has 80 valence electrons. The zero-order valence-corrected chi connectivity index (χ0v) is 7.57. The van der Waals surface area contributed by atoms with Crippen LogP contribution in [-0.2, 0) is 4.79 Å². The smallest absolute Gasteiger partial charge is 0.342 e. The highest BCUT2D eigenvalue weighted by Gasteiger charge is 2.16. The van der Waals surface area contributed by atoms with Crippen molar-refractivity contribution in [1.82, 2.24) is 0 Å². The molecular formula is C9H8FNO4. The number of rotatable bonds is 4. The Morgan fingerprint density at radius 3 is 2.67 bits per heavy atom. The first-order chi connectivity index (χ1) is 7.02. The largest absolute Gasteiger partial charge is 0.483 e. The number of amides is 1. The Bertz CT molecular complexity index is 405. The van der Waals surface area contributed by atoms with Gasteiger partial charge in [-0.3, -0.25) is 4.79 Å². The van der Waals surface area contributed by atoms with Gasteiger partial charge in [-0.15, -0.1) is 0 Å². The molecule has 0 aliphatic heterocycles. The summed E-state index contributed by atoms with van der Waals surface area (Å²) in [6, 6.07) is 3.51. The number of ether oxygens (including phenoxy) is 1. The normalized spacial score (nSPS) is 9.67. The molecule has 0 aliphatic rings. The quantitative estimate of drug-likeness (QED) is 0.756. The van der Waals surface area contributed by atoms with Crippen molar-refractivity contribution in [1.29, 1.82) is 0 Å². The summed E-state index contributed by atoms with van der Waals surface area (Å²) >= 11 is 0. The summed E-state index contributed by atoms with van der Waals surface area (Å²) in [5.41, 5.74) is 4.19. The lowest BCUT2D eigenvalue weighted by Crippen LogP contribution is -2.21. The number of halogens is 1. The van der Waals surface area contributed by atoms with Gasteiger partial charge in [0.25, 0.3) is 5.91 Å². The molecule has 1 amide bonds. The number of nitrogens with two attached hydrogens (primary N) is 1. The Labute approximate surface area is 84.3 Å². The van der Waals surface area contributed by atoms with E-state index < -0.39 is 29.9 Å². The van der Waals surface area contributed by atoms with Crippen LogP contribution in [0.4, 0.5) is 4.39 Å². The summed E-state index contributed by atoms with van der Waals surface area (Å²) in [5.74, 6) is -3.38. The van der Waals surface area contributed by atoms with E-state index in [-0.39, 0.29) is 5.75 Å². The monoisotopic (exact) mass is 213 g/mol. The summed E-state index contributed by atoms with van der Waals surface area (Å²) < 4.78 is 17.8. The summed E-state index contributed by atoms with van der Waals surface area (Å²) in [6.07, 6.45) is 0. The molecule has 0 heterocycles. The van der Waals surface area contributed by atoms with Gasteiger partial charge in [-0.25, -0.2) is 9.18 Å². The molecule has 0 saturated carbocycles. The zero-order valence-electron chi connectivity index (χ0n) is 7.57. The molecule has 1 aromatic rings. The SMILES string of the molecule is NC(=O)COc1cccc(F)c1C(=O)O. The molecule has 0 spiro atoms. The molecule has 0 atom stereocenters. The minimum absolute atomic E-state index is 0.221. The molecule has 0 saturated heterocycles. The fourth-order valence-corrected chi connectivity index (χ4v) is 0.981. The van der Waals surface area contributed by atoms with E-state index in [1.807, 2.05) is 0 Å². The lowest BCUT2D eigenvalue weighted by Gasteiger charge is -2.07. The minimum Gasteiger partial charge on any atom is -0.483 e. The van der Waals surface area contributed by atoms with Gasteiger partial charge >= 0.3 is 5.97 Å². The molecule has 3 N–H and O–H groups in total. The Balaban J connectivity index is 3.01. The average molecular weight is 213 g/mol. The highest BCUT2D eigenvalue weighted by Crippen LogP contribution is 2.21. The van der Waals surface area contributed by atoms with E-state index in [9.17, 15) is 14.0 Å². The van der Waals surface area contributed by atoms with E-state index in [1.54, 1.807) is 0 Å². The van der Waals surface area contributed by atoms with Crippen LogP contribution in [-0.4, -0.2) is 23.6 Å². The maximum atomic E-state index is 13.0. The second-order valence-electron chi connectivity index (χ2n) is 2.67. The lowest BCUT2D eigenvalue weighted by atomic mass is 10.2. The van der Waals surface area contributed by atoms with Crippen molar-refractivity contribution < 1.29 is 23.8 Å². The van der Waals surface area contributed by atoms with Crippen molar-refractivity contribution in [2.75, 3.05) is 6.61 Å². The van der Waals surface area contributed by atoms with Gasteiger partial charge in [0.15, 0.2) is 6.61 Å². The molecule has 0 fully saturated rings. The van der Waals surface area contributed by atoms with Gasteiger partial charge in [0.2, 0.25) is 0 Å². The van der Waals surface area contributed by atoms with Crippen LogP contribution in [0.1, 0.15) is 10.4 Å². The number of aromatic carboxylic acids is 1. The van der Waals surface area contributed by atoms with E-state index in [0.717, 1.165) is 6.07 Å². The number of benzene rings is 1. The molecule has 15 heavy (non-hydrogen) atoms. The Kier molecular flexibility index (Phi) is 3.22. The summed E-state index contributed by atoms with van der Waals surface area (Å²) in [7, 11) is 0. The van der Waals surface area contributed by atoms with Gasteiger partial charge in [0.05, 0.1) is 0 Å². The Morgan fingerprint density at radius 1 is 1.47 bits per heavy atom. The summed E-state index contributed by atoms with van der Waals surface area (Å²) in [4.78, 5) is 21.0. The van der Waals surface area contributed by atoms with Crippen molar-refractivity contribution in [3.8, 4) is 5.75 Å². The fourth-order valence-electron chi connectivity index (χ4n) is 0.981. The standard InChI is InChI=1S/C9H8FNO4/c10-5-2-1-3-6(8(5)9(13)14)15-4-7(11)12/h1-3H,4H2,(H2,11,12)(H,13,14). The van der Waals surface area contributed by atoms with Gasteiger partial charge < -0.3 is 15.6 Å². The fraction of sp³-hybridized carbons (Fsp3) is 0.111. The maximum absolute atomic E-state index is 13.0. The van der Waals surface area contributed by atoms with E-state index in [2.05, 4.69) is 0 Å². The van der Waals surface area contributed by atoms with Crippen molar-refractivity contribution in [3.63, 3.8) is 0 Å². The van der Waals surface area contributed by atoms with Crippen LogP contribution in [0.3, 0.4) is 0 Å². The third-order valence-corrected chi connectivity index (χ3v) is 1.56. The topological polar surface area (TPSA) is 89.6 Å². The average Bonchev–Trinajstić information content (AvgIpc) is 2.13. The van der Waals surface area contributed by atoms with E-state index in [0.29, 0.717) is 0 Å². The number of carbonyl (C=O) groups excluding carboxylic acids is 1. The van der Waals surface area contributed by atoms with Crippen LogP contribution in [0, 0.1) is 5.82 Å².